The van der Waals surface area contributed by atoms with Crippen LogP contribution in [-0.2, 0) is 17.9 Å². The number of nitrogens with one attached hydrogen (secondary N) is 1. The molecule has 1 aromatic rings. The molecule has 2 aliphatic rings. The molecule has 0 unspecified atom stereocenters. The van der Waals surface area contributed by atoms with Gasteiger partial charge in [-0.15, -0.1) is 0 Å². The molecule has 1 aromatic heterocycles. The summed E-state index contributed by atoms with van der Waals surface area (Å²) in [6.07, 6.45) is 7.71. The van der Waals surface area contributed by atoms with Gasteiger partial charge in [-0.05, 0) is 31.6 Å². The predicted octanol–water partition coefficient (Wildman–Crippen LogP) is 2.43. The lowest BCUT2D eigenvalue weighted by molar-refractivity contribution is 0.177. The zero-order valence-electron chi connectivity index (χ0n) is 12.6. The van der Waals surface area contributed by atoms with Crippen molar-refractivity contribution in [2.45, 2.75) is 70.7 Å². The van der Waals surface area contributed by atoms with Crippen molar-refractivity contribution in [1.29, 1.82) is 0 Å². The van der Waals surface area contributed by atoms with Gasteiger partial charge in [0.25, 0.3) is 0 Å². The summed E-state index contributed by atoms with van der Waals surface area (Å²) in [5, 5.41) is 8.38. The first kappa shape index (κ1) is 14.0. The minimum Gasteiger partial charge on any atom is -0.377 e. The van der Waals surface area contributed by atoms with Gasteiger partial charge in [-0.1, -0.05) is 19.8 Å². The van der Waals surface area contributed by atoms with Crippen LogP contribution in [0.4, 0.5) is 0 Å². The summed E-state index contributed by atoms with van der Waals surface area (Å²) in [5.41, 5.74) is 0. The maximum atomic E-state index is 5.15. The van der Waals surface area contributed by atoms with Crippen LogP contribution < -0.4 is 5.32 Å². The van der Waals surface area contributed by atoms with Gasteiger partial charge < -0.3 is 10.1 Å². The molecular weight excluding hydrogens is 252 g/mol. The van der Waals surface area contributed by atoms with Crippen molar-refractivity contribution >= 4 is 0 Å². The van der Waals surface area contributed by atoms with E-state index in [0.29, 0.717) is 18.7 Å². The Hall–Kier alpha value is -0.940. The number of aromatic nitrogens is 3. The third-order valence-corrected chi connectivity index (χ3v) is 4.57. The number of nitrogens with zero attached hydrogens (tertiary/aromatic N) is 3. The molecule has 3 rings (SSSR count). The van der Waals surface area contributed by atoms with Gasteiger partial charge in [-0.25, -0.2) is 9.67 Å². The summed E-state index contributed by atoms with van der Waals surface area (Å²) in [4.78, 5) is 4.67. The zero-order valence-corrected chi connectivity index (χ0v) is 12.6. The molecular formula is C15H26N4O. The quantitative estimate of drug-likeness (QED) is 0.919. The van der Waals surface area contributed by atoms with Crippen LogP contribution in [0.3, 0.4) is 0 Å². The summed E-state index contributed by atoms with van der Waals surface area (Å²) < 4.78 is 7.22. The fourth-order valence-corrected chi connectivity index (χ4v) is 3.62. The third-order valence-electron chi connectivity index (χ3n) is 4.57. The van der Waals surface area contributed by atoms with Gasteiger partial charge >= 0.3 is 0 Å². The number of methoxy groups -OCH3 is 1. The van der Waals surface area contributed by atoms with Crippen LogP contribution in [0.1, 0.15) is 63.1 Å². The van der Waals surface area contributed by atoms with E-state index < -0.39 is 0 Å². The molecule has 0 amide bonds. The number of hydrogen-bond acceptors (Lipinski definition) is 4. The largest absolute Gasteiger partial charge is 0.377 e. The number of aryl methyl sites for hydroxylation is 1. The first-order chi connectivity index (χ1) is 9.76. The topological polar surface area (TPSA) is 52.0 Å². The molecule has 1 aliphatic carbocycles. The Morgan fingerprint density at radius 2 is 2.20 bits per heavy atom. The van der Waals surface area contributed by atoms with Crippen molar-refractivity contribution in [2.75, 3.05) is 7.11 Å². The Labute approximate surface area is 121 Å². The summed E-state index contributed by atoms with van der Waals surface area (Å²) in [6.45, 7) is 3.87. The van der Waals surface area contributed by atoms with Crippen molar-refractivity contribution in [3.05, 3.63) is 11.6 Å². The van der Waals surface area contributed by atoms with Gasteiger partial charge in [-0.3, -0.25) is 0 Å². The molecule has 0 radical (unpaired) electrons. The van der Waals surface area contributed by atoms with Gasteiger partial charge in [0.05, 0.1) is 6.04 Å². The molecule has 1 fully saturated rings. The van der Waals surface area contributed by atoms with Crippen LogP contribution in [0.25, 0.3) is 0 Å². The number of ether oxygens (including phenoxy) is 1. The standard InChI is InChI=1S/C15H26N4O/c1-11-5-3-6-12(9-11)16-13-7-4-8-19-15(13)17-14(18-19)10-20-2/h11-13,16H,3-10H2,1-2H3/t11-,12+,13+/m1/s1. The molecule has 0 aromatic carbocycles. The van der Waals surface area contributed by atoms with Crippen molar-refractivity contribution < 1.29 is 4.74 Å². The second kappa shape index (κ2) is 6.22. The van der Waals surface area contributed by atoms with Crippen molar-refractivity contribution in [3.63, 3.8) is 0 Å². The second-order valence-electron chi connectivity index (χ2n) is 6.37. The third kappa shape index (κ3) is 3.04. The summed E-state index contributed by atoms with van der Waals surface area (Å²) >= 11 is 0. The Kier molecular flexibility index (Phi) is 4.36. The molecule has 0 spiro atoms. The monoisotopic (exact) mass is 278 g/mol. The SMILES string of the molecule is COCc1nc2n(n1)CCC[C@@H]2N[C@H]1CCC[C@@H](C)C1. The van der Waals surface area contributed by atoms with E-state index in [9.17, 15) is 0 Å². The average Bonchev–Trinajstić information content (AvgIpc) is 2.83. The fourth-order valence-electron chi connectivity index (χ4n) is 3.62. The van der Waals surface area contributed by atoms with Gasteiger partial charge in [-0.2, -0.15) is 5.10 Å². The van der Waals surface area contributed by atoms with E-state index in [1.807, 2.05) is 0 Å². The van der Waals surface area contributed by atoms with Crippen molar-refractivity contribution in [2.24, 2.45) is 5.92 Å². The minimum absolute atomic E-state index is 0.372. The molecule has 20 heavy (non-hydrogen) atoms. The van der Waals surface area contributed by atoms with E-state index in [4.69, 9.17) is 4.74 Å². The second-order valence-corrected chi connectivity index (χ2v) is 6.37. The Balaban J connectivity index is 1.69. The summed E-state index contributed by atoms with van der Waals surface area (Å²) in [5.74, 6) is 2.78. The number of hydrogen-bond donors (Lipinski definition) is 1. The Morgan fingerprint density at radius 1 is 1.30 bits per heavy atom. The van der Waals surface area contributed by atoms with E-state index in [0.717, 1.165) is 24.1 Å². The smallest absolute Gasteiger partial charge is 0.176 e. The fraction of sp³-hybridized carbons (Fsp3) is 0.867. The zero-order chi connectivity index (χ0) is 13.9. The lowest BCUT2D eigenvalue weighted by Crippen LogP contribution is -2.39. The van der Waals surface area contributed by atoms with Crippen LogP contribution in [0.15, 0.2) is 0 Å². The molecule has 5 nitrogen and oxygen atoms in total. The Bertz CT molecular complexity index is 445. The first-order valence-electron chi connectivity index (χ1n) is 7.95. The number of rotatable bonds is 4. The molecule has 3 atom stereocenters. The summed E-state index contributed by atoms with van der Waals surface area (Å²) in [7, 11) is 1.69. The highest BCUT2D eigenvalue weighted by atomic mass is 16.5. The maximum Gasteiger partial charge on any atom is 0.176 e. The van der Waals surface area contributed by atoms with Gasteiger partial charge in [0.1, 0.15) is 12.4 Å². The highest BCUT2D eigenvalue weighted by molar-refractivity contribution is 5.02. The maximum absolute atomic E-state index is 5.15. The van der Waals surface area contributed by atoms with E-state index in [2.05, 4.69) is 27.0 Å². The van der Waals surface area contributed by atoms with E-state index >= 15 is 0 Å². The van der Waals surface area contributed by atoms with Crippen LogP contribution in [-0.4, -0.2) is 27.9 Å². The molecule has 1 N–H and O–H groups in total. The lowest BCUT2D eigenvalue weighted by Gasteiger charge is -2.32. The van der Waals surface area contributed by atoms with Gasteiger partial charge in [0.15, 0.2) is 5.82 Å². The van der Waals surface area contributed by atoms with E-state index in [1.165, 1.54) is 38.5 Å². The van der Waals surface area contributed by atoms with E-state index in [1.54, 1.807) is 7.11 Å². The molecule has 112 valence electrons. The van der Waals surface area contributed by atoms with Gasteiger partial charge in [0.2, 0.25) is 0 Å². The average molecular weight is 278 g/mol. The predicted molar refractivity (Wildman–Crippen MR) is 77.3 cm³/mol. The van der Waals surface area contributed by atoms with Crippen molar-refractivity contribution in [3.8, 4) is 0 Å². The molecule has 1 aliphatic heterocycles. The highest BCUT2D eigenvalue weighted by Gasteiger charge is 2.28. The molecule has 0 bridgehead atoms. The van der Waals surface area contributed by atoms with Crippen molar-refractivity contribution in [1.82, 2.24) is 20.1 Å². The van der Waals surface area contributed by atoms with Crippen LogP contribution in [0.5, 0.6) is 0 Å². The molecule has 1 saturated carbocycles. The molecule has 0 saturated heterocycles. The normalized spacial score (nSPS) is 30.2. The molecule has 5 heteroatoms. The van der Waals surface area contributed by atoms with Crippen LogP contribution >= 0.6 is 0 Å². The Morgan fingerprint density at radius 3 is 3.00 bits per heavy atom. The summed E-state index contributed by atoms with van der Waals surface area (Å²) in [6, 6.07) is 1.02. The lowest BCUT2D eigenvalue weighted by atomic mass is 9.86. The van der Waals surface area contributed by atoms with E-state index in [-0.39, 0.29) is 0 Å². The minimum atomic E-state index is 0.372. The highest BCUT2D eigenvalue weighted by Crippen LogP contribution is 2.29. The molecule has 2 heterocycles. The van der Waals surface area contributed by atoms with Gasteiger partial charge in [0, 0.05) is 19.7 Å². The van der Waals surface area contributed by atoms with Crippen LogP contribution in [0.2, 0.25) is 0 Å². The number of fused-ring (bicyclic) bond motifs is 1. The van der Waals surface area contributed by atoms with Crippen LogP contribution in [0, 0.1) is 5.92 Å². The first-order valence-corrected chi connectivity index (χ1v) is 7.95.